The second-order valence-electron chi connectivity index (χ2n) is 6.03. The highest BCUT2D eigenvalue weighted by Gasteiger charge is 2.31. The second kappa shape index (κ2) is 4.72. The van der Waals surface area contributed by atoms with Crippen LogP contribution in [0.4, 0.5) is 0 Å². The lowest BCUT2D eigenvalue weighted by Crippen LogP contribution is -2.34. The van der Waals surface area contributed by atoms with Crippen LogP contribution in [0.25, 0.3) is 0 Å². The van der Waals surface area contributed by atoms with Gasteiger partial charge in [-0.3, -0.25) is 9.36 Å². The summed E-state index contributed by atoms with van der Waals surface area (Å²) in [6, 6.07) is 2.11. The number of hydrogen-bond acceptors (Lipinski definition) is 3. The van der Waals surface area contributed by atoms with E-state index in [0.29, 0.717) is 0 Å². The first-order valence-electron chi connectivity index (χ1n) is 6.49. The summed E-state index contributed by atoms with van der Waals surface area (Å²) in [4.78, 5) is 23.3. The Kier molecular flexibility index (Phi) is 3.39. The van der Waals surface area contributed by atoms with Crippen LogP contribution in [0.3, 0.4) is 0 Å². The van der Waals surface area contributed by atoms with Crippen LogP contribution in [0.15, 0.2) is 16.9 Å². The molecular weight excluding hydrogens is 246 g/mol. The Hall–Kier alpha value is -1.78. The average molecular weight is 265 g/mol. The number of carboxylic acid groups (broad SMARTS) is 1. The Morgan fingerprint density at radius 1 is 1.42 bits per heavy atom. The zero-order valence-corrected chi connectivity index (χ0v) is 11.2. The van der Waals surface area contributed by atoms with Crippen LogP contribution in [-0.2, 0) is 0 Å². The van der Waals surface area contributed by atoms with Crippen LogP contribution in [0.2, 0.25) is 0 Å². The second-order valence-corrected chi connectivity index (χ2v) is 6.03. The fraction of sp³-hybridized carbons (Fsp3) is 0.571. The molecule has 19 heavy (non-hydrogen) atoms. The Morgan fingerprint density at radius 2 is 2.11 bits per heavy atom. The van der Waals surface area contributed by atoms with Crippen molar-refractivity contribution in [1.82, 2.24) is 4.57 Å². The Morgan fingerprint density at radius 3 is 2.68 bits per heavy atom. The van der Waals surface area contributed by atoms with Gasteiger partial charge < -0.3 is 10.2 Å². The first-order valence-corrected chi connectivity index (χ1v) is 6.49. The number of carboxylic acids is 1. The van der Waals surface area contributed by atoms with E-state index in [-0.39, 0.29) is 22.9 Å². The van der Waals surface area contributed by atoms with E-state index in [2.05, 4.69) is 13.8 Å². The van der Waals surface area contributed by atoms with Gasteiger partial charge in [0.1, 0.15) is 11.4 Å². The van der Waals surface area contributed by atoms with E-state index >= 15 is 0 Å². The number of rotatable bonds is 2. The summed E-state index contributed by atoms with van der Waals surface area (Å²) in [6.07, 6.45) is 3.63. The van der Waals surface area contributed by atoms with Crippen LogP contribution < -0.4 is 5.56 Å². The van der Waals surface area contributed by atoms with E-state index in [1.54, 1.807) is 0 Å². The van der Waals surface area contributed by atoms with Crippen LogP contribution in [0, 0.1) is 5.41 Å². The zero-order valence-electron chi connectivity index (χ0n) is 11.2. The minimum Gasteiger partial charge on any atom is -0.508 e. The monoisotopic (exact) mass is 265 g/mol. The lowest BCUT2D eigenvalue weighted by Gasteiger charge is -2.36. The maximum atomic E-state index is 12.0. The van der Waals surface area contributed by atoms with Gasteiger partial charge in [0.25, 0.3) is 5.56 Å². The van der Waals surface area contributed by atoms with Crippen molar-refractivity contribution in [1.29, 1.82) is 0 Å². The molecule has 0 aliphatic heterocycles. The summed E-state index contributed by atoms with van der Waals surface area (Å²) in [5.74, 6) is -1.48. The molecule has 1 aromatic heterocycles. The summed E-state index contributed by atoms with van der Waals surface area (Å²) in [7, 11) is 0. The van der Waals surface area contributed by atoms with Gasteiger partial charge in [-0.1, -0.05) is 20.3 Å². The molecule has 2 rings (SSSR count). The predicted octanol–water partition coefficient (Wildman–Crippen LogP) is 2.39. The number of aromatic carboxylic acids is 1. The van der Waals surface area contributed by atoms with Crippen molar-refractivity contribution in [2.75, 3.05) is 0 Å². The van der Waals surface area contributed by atoms with E-state index in [1.807, 2.05) is 0 Å². The summed E-state index contributed by atoms with van der Waals surface area (Å²) < 4.78 is 1.32. The predicted molar refractivity (Wildman–Crippen MR) is 70.6 cm³/mol. The fourth-order valence-electron chi connectivity index (χ4n) is 2.99. The first kappa shape index (κ1) is 13.6. The molecule has 0 amide bonds. The molecule has 1 aliphatic rings. The molecule has 0 aromatic carbocycles. The summed E-state index contributed by atoms with van der Waals surface area (Å²) in [5, 5.41) is 18.6. The van der Waals surface area contributed by atoms with Gasteiger partial charge in [-0.25, -0.2) is 4.79 Å². The highest BCUT2D eigenvalue weighted by atomic mass is 16.4. The van der Waals surface area contributed by atoms with Crippen LogP contribution in [-0.4, -0.2) is 20.7 Å². The van der Waals surface area contributed by atoms with E-state index in [0.717, 1.165) is 37.8 Å². The molecule has 0 bridgehead atoms. The maximum absolute atomic E-state index is 12.0. The van der Waals surface area contributed by atoms with Gasteiger partial charge >= 0.3 is 5.97 Å². The number of pyridine rings is 1. The van der Waals surface area contributed by atoms with Crippen molar-refractivity contribution in [2.45, 2.75) is 45.6 Å². The Bertz CT molecular complexity index is 559. The zero-order chi connectivity index (χ0) is 14.2. The highest BCUT2D eigenvalue weighted by Crippen LogP contribution is 2.40. The molecule has 1 fully saturated rings. The van der Waals surface area contributed by atoms with Gasteiger partial charge in [0.05, 0.1) is 0 Å². The topological polar surface area (TPSA) is 79.5 Å². The molecule has 1 atom stereocenters. The van der Waals surface area contributed by atoms with Gasteiger partial charge in [0.2, 0.25) is 0 Å². The van der Waals surface area contributed by atoms with Crippen molar-refractivity contribution >= 4 is 5.97 Å². The average Bonchev–Trinajstić information content (AvgIpc) is 2.26. The van der Waals surface area contributed by atoms with E-state index in [4.69, 9.17) is 0 Å². The van der Waals surface area contributed by atoms with Crippen molar-refractivity contribution in [3.05, 3.63) is 28.2 Å². The van der Waals surface area contributed by atoms with E-state index in [9.17, 15) is 19.8 Å². The molecule has 1 aromatic rings. The number of carbonyl (C=O) groups is 1. The van der Waals surface area contributed by atoms with Crippen molar-refractivity contribution in [2.24, 2.45) is 5.41 Å². The number of aromatic nitrogens is 1. The SMILES string of the molecule is CC1(C)CCCC(n2c(C(=O)O)cc(O)cc2=O)C1. The van der Waals surface area contributed by atoms with Crippen molar-refractivity contribution in [3.8, 4) is 5.75 Å². The van der Waals surface area contributed by atoms with Gasteiger partial charge in [-0.2, -0.15) is 0 Å². The minimum absolute atomic E-state index is 0.107. The molecule has 5 heteroatoms. The number of hydrogen-bond donors (Lipinski definition) is 2. The highest BCUT2D eigenvalue weighted by molar-refractivity contribution is 5.86. The quantitative estimate of drug-likeness (QED) is 0.860. The lowest BCUT2D eigenvalue weighted by molar-refractivity contribution is 0.0672. The largest absolute Gasteiger partial charge is 0.508 e. The standard InChI is InChI=1S/C14H19NO4/c1-14(2)5-3-4-9(8-14)15-11(13(18)19)6-10(16)7-12(15)17/h6-7,9,16H,3-5,8H2,1-2H3,(H,18,19). The van der Waals surface area contributed by atoms with Gasteiger partial charge in [0, 0.05) is 18.2 Å². The minimum atomic E-state index is -1.18. The summed E-state index contributed by atoms with van der Waals surface area (Å²) >= 11 is 0. The number of nitrogens with zero attached hydrogens (tertiary/aromatic N) is 1. The van der Waals surface area contributed by atoms with E-state index < -0.39 is 11.5 Å². The van der Waals surface area contributed by atoms with E-state index in [1.165, 1.54) is 4.57 Å². The van der Waals surface area contributed by atoms with Crippen molar-refractivity contribution in [3.63, 3.8) is 0 Å². The molecule has 0 radical (unpaired) electrons. The molecule has 1 aliphatic carbocycles. The molecule has 1 unspecified atom stereocenters. The Labute approximate surface area is 111 Å². The third-order valence-corrected chi connectivity index (χ3v) is 3.82. The molecule has 1 saturated carbocycles. The maximum Gasteiger partial charge on any atom is 0.352 e. The lowest BCUT2D eigenvalue weighted by atomic mass is 9.75. The van der Waals surface area contributed by atoms with Crippen LogP contribution in [0.5, 0.6) is 5.75 Å². The van der Waals surface area contributed by atoms with Crippen LogP contribution >= 0.6 is 0 Å². The van der Waals surface area contributed by atoms with Gasteiger partial charge in [-0.05, 0) is 24.7 Å². The fourth-order valence-corrected chi connectivity index (χ4v) is 2.99. The first-order chi connectivity index (χ1) is 8.80. The van der Waals surface area contributed by atoms with Gasteiger partial charge in [0.15, 0.2) is 0 Å². The normalized spacial score (nSPS) is 22.1. The molecule has 104 valence electrons. The molecule has 1 heterocycles. The molecular formula is C14H19NO4. The third kappa shape index (κ3) is 2.80. The molecule has 0 spiro atoms. The van der Waals surface area contributed by atoms with Gasteiger partial charge in [-0.15, -0.1) is 0 Å². The van der Waals surface area contributed by atoms with Crippen molar-refractivity contribution < 1.29 is 15.0 Å². The molecule has 0 saturated heterocycles. The van der Waals surface area contributed by atoms with Crippen LogP contribution in [0.1, 0.15) is 56.1 Å². The molecule has 2 N–H and O–H groups in total. The Balaban J connectivity index is 2.49. The smallest absolute Gasteiger partial charge is 0.352 e. The third-order valence-electron chi connectivity index (χ3n) is 3.82. The molecule has 5 nitrogen and oxygen atoms in total. The summed E-state index contributed by atoms with van der Waals surface area (Å²) in [5.41, 5.74) is -0.469. The number of aromatic hydroxyl groups is 1. The summed E-state index contributed by atoms with van der Waals surface area (Å²) in [6.45, 7) is 4.26.